The summed E-state index contributed by atoms with van der Waals surface area (Å²) < 4.78 is 10.7. The molecular formula is C25H32N12O5S. The molecule has 43 heavy (non-hydrogen) atoms. The summed E-state index contributed by atoms with van der Waals surface area (Å²) in [6.07, 6.45) is 8.75. The smallest absolute Gasteiger partial charge is 0.306 e. The van der Waals surface area contributed by atoms with Crippen molar-refractivity contribution < 1.29 is 24.0 Å². The molecule has 228 valence electrons. The van der Waals surface area contributed by atoms with Gasteiger partial charge in [-0.25, -0.2) is 0 Å². The molecule has 0 saturated heterocycles. The molecule has 4 heterocycles. The van der Waals surface area contributed by atoms with Crippen LogP contribution in [-0.2, 0) is 33.2 Å². The number of anilines is 3. The van der Waals surface area contributed by atoms with Gasteiger partial charge < -0.3 is 21.3 Å². The highest BCUT2D eigenvalue weighted by Gasteiger charge is 2.13. The van der Waals surface area contributed by atoms with Gasteiger partial charge in [-0.15, -0.1) is 40.8 Å². The number of carboxylic acids is 2. The van der Waals surface area contributed by atoms with Gasteiger partial charge in [-0.2, -0.15) is 0 Å². The topological polar surface area (TPSA) is 259 Å². The van der Waals surface area contributed by atoms with Crippen molar-refractivity contribution in [2.75, 3.05) is 17.3 Å². The van der Waals surface area contributed by atoms with Gasteiger partial charge in [-0.05, 0) is 49.9 Å². The number of carbonyl (C=O) groups is 2. The minimum atomic E-state index is -1.18. The molecule has 0 radical (unpaired) electrons. The summed E-state index contributed by atoms with van der Waals surface area (Å²) in [6.45, 7) is 6.67. The lowest BCUT2D eigenvalue weighted by molar-refractivity contribution is -0.142. The Morgan fingerprint density at radius 1 is 0.791 bits per heavy atom. The van der Waals surface area contributed by atoms with Gasteiger partial charge in [0.25, 0.3) is 11.1 Å². The Kier molecular flexibility index (Phi) is 13.4. The molecule has 0 amide bonds. The van der Waals surface area contributed by atoms with Gasteiger partial charge in [0.05, 0.1) is 40.2 Å². The largest absolute Gasteiger partial charge is 0.481 e. The lowest BCUT2D eigenvalue weighted by Gasteiger charge is -2.08. The molecule has 1 unspecified atom stereocenters. The lowest BCUT2D eigenvalue weighted by Crippen LogP contribution is -2.12. The van der Waals surface area contributed by atoms with Gasteiger partial charge in [-0.1, -0.05) is 13.8 Å². The first-order chi connectivity index (χ1) is 20.3. The molecule has 0 fully saturated rings. The Bertz CT molecular complexity index is 1510. The second kappa shape index (κ2) is 17.0. The molecule has 0 bridgehead atoms. The van der Waals surface area contributed by atoms with Crippen LogP contribution in [0.25, 0.3) is 0 Å². The van der Waals surface area contributed by atoms with Crippen molar-refractivity contribution in [1.29, 1.82) is 0 Å². The third-order valence-electron chi connectivity index (χ3n) is 5.19. The highest BCUT2D eigenvalue weighted by molar-refractivity contribution is 7.84. The molecule has 0 aliphatic rings. The van der Waals surface area contributed by atoms with E-state index in [1.165, 1.54) is 12.5 Å². The number of aryl methyl sites for hydroxylation is 2. The molecule has 4 aromatic heterocycles. The number of pyridine rings is 2. The first-order valence-corrected chi connectivity index (χ1v) is 14.2. The van der Waals surface area contributed by atoms with E-state index in [2.05, 4.69) is 56.1 Å². The van der Waals surface area contributed by atoms with E-state index in [1.54, 1.807) is 58.4 Å². The Labute approximate surface area is 249 Å². The maximum atomic E-state index is 10.8. The fraction of sp³-hybridized carbons (Fsp3) is 0.360. The predicted octanol–water partition coefficient (Wildman–Crippen LogP) is 1.22. The van der Waals surface area contributed by atoms with Crippen molar-refractivity contribution in [3.63, 3.8) is 0 Å². The normalized spacial score (nSPS) is 12.3. The van der Waals surface area contributed by atoms with E-state index in [0.29, 0.717) is 35.9 Å². The number of hydrogen-bond acceptors (Lipinski definition) is 15. The zero-order valence-electron chi connectivity index (χ0n) is 24.1. The first-order valence-electron chi connectivity index (χ1n) is 12.6. The molecule has 3 atom stereocenters. The molecule has 0 spiro atoms. The van der Waals surface area contributed by atoms with Crippen LogP contribution in [-0.4, -0.2) is 83.4 Å². The highest BCUT2D eigenvalue weighted by Crippen LogP contribution is 2.15. The summed E-state index contributed by atoms with van der Waals surface area (Å²) >= 11 is 0. The molecule has 4 aromatic rings. The lowest BCUT2D eigenvalue weighted by atomic mass is 10.0. The second-order valence-corrected chi connectivity index (χ2v) is 10.4. The summed E-state index contributed by atoms with van der Waals surface area (Å²) in [6, 6.07) is 3.54. The fourth-order valence-corrected chi connectivity index (χ4v) is 3.32. The van der Waals surface area contributed by atoms with Crippen molar-refractivity contribution in [1.82, 2.24) is 50.8 Å². The summed E-state index contributed by atoms with van der Waals surface area (Å²) in [4.78, 5) is 29.3. The summed E-state index contributed by atoms with van der Waals surface area (Å²) in [7, 11) is -1.18. The van der Waals surface area contributed by atoms with Gasteiger partial charge in [0, 0.05) is 24.8 Å². The SMILES string of the molecule is C[C@@H](Cc1cncc(N)c1)C(=O)O.Cc1nnc(Nc2cncc(C[C@H](C)C(=O)O)c2)nn1.Cc1nnc(S(C)=O)nn1. The van der Waals surface area contributed by atoms with Crippen molar-refractivity contribution in [3.8, 4) is 0 Å². The number of aliphatic carboxylic acids is 2. The Hall–Kier alpha value is -5.13. The van der Waals surface area contributed by atoms with Crippen LogP contribution >= 0.6 is 0 Å². The standard InChI is InChI=1S/C12H14N6O2.C9H12N2O2.C4H6N4OS/c1-7(11(19)20)3-9-4-10(6-13-5-9)14-12-17-15-8(2)16-18-12;1-6(9(12)13)2-7-3-8(10)5-11-4-7;1-3-5-7-4(8-6-3)10(2)9/h4-7H,3H2,1-2H3,(H,19,20)(H,14,17,18);3-6H,2,10H2,1H3,(H,12,13);1-2H3/t7-;6-;/m00./s1. The van der Waals surface area contributed by atoms with Crippen LogP contribution < -0.4 is 11.1 Å². The van der Waals surface area contributed by atoms with E-state index >= 15 is 0 Å². The number of aromatic nitrogens is 10. The number of nitrogens with one attached hydrogen (secondary N) is 1. The summed E-state index contributed by atoms with van der Waals surface area (Å²) in [5.74, 6) is -1.27. The monoisotopic (exact) mass is 612 g/mol. The van der Waals surface area contributed by atoms with E-state index in [-0.39, 0.29) is 11.1 Å². The van der Waals surface area contributed by atoms with Gasteiger partial charge in [0.1, 0.15) is 0 Å². The van der Waals surface area contributed by atoms with E-state index in [0.717, 1.165) is 11.1 Å². The third-order valence-corrected chi connectivity index (χ3v) is 5.87. The number of nitrogens with zero attached hydrogens (tertiary/aromatic N) is 10. The van der Waals surface area contributed by atoms with Crippen LogP contribution in [0.4, 0.5) is 17.3 Å². The molecule has 5 N–H and O–H groups in total. The molecule has 18 heteroatoms. The summed E-state index contributed by atoms with van der Waals surface area (Å²) in [5.41, 5.74) is 8.40. The Balaban J connectivity index is 0.000000242. The van der Waals surface area contributed by atoms with Crippen molar-refractivity contribution in [3.05, 3.63) is 59.7 Å². The molecule has 0 aliphatic heterocycles. The van der Waals surface area contributed by atoms with Gasteiger partial charge in [-0.3, -0.25) is 23.8 Å². The highest BCUT2D eigenvalue weighted by atomic mass is 32.2. The number of hydrogen-bond donors (Lipinski definition) is 4. The zero-order chi connectivity index (χ0) is 31.9. The third kappa shape index (κ3) is 12.9. The average Bonchev–Trinajstić information content (AvgIpc) is 2.95. The molecular weight excluding hydrogens is 580 g/mol. The number of nitrogens with two attached hydrogens (primary N) is 1. The predicted molar refractivity (Wildman–Crippen MR) is 154 cm³/mol. The Morgan fingerprint density at radius 3 is 1.72 bits per heavy atom. The van der Waals surface area contributed by atoms with Gasteiger partial charge in [0.15, 0.2) is 11.6 Å². The van der Waals surface area contributed by atoms with Crippen LogP contribution in [0.3, 0.4) is 0 Å². The fourth-order valence-electron chi connectivity index (χ4n) is 3.01. The van der Waals surface area contributed by atoms with Crippen LogP contribution in [0.2, 0.25) is 0 Å². The van der Waals surface area contributed by atoms with E-state index in [1.807, 2.05) is 0 Å². The van der Waals surface area contributed by atoms with Gasteiger partial charge in [0.2, 0.25) is 0 Å². The van der Waals surface area contributed by atoms with Crippen LogP contribution in [0, 0.1) is 25.7 Å². The van der Waals surface area contributed by atoms with Crippen LogP contribution in [0.1, 0.15) is 36.6 Å². The second-order valence-electron chi connectivity index (χ2n) is 9.17. The molecule has 4 rings (SSSR count). The molecule has 0 aromatic carbocycles. The zero-order valence-corrected chi connectivity index (χ0v) is 24.9. The van der Waals surface area contributed by atoms with E-state index in [4.69, 9.17) is 15.9 Å². The number of carboxylic acid groups (broad SMARTS) is 2. The molecule has 0 aliphatic carbocycles. The molecule has 17 nitrogen and oxygen atoms in total. The minimum absolute atomic E-state index is 0.172. The minimum Gasteiger partial charge on any atom is -0.481 e. The Morgan fingerprint density at radius 2 is 1.26 bits per heavy atom. The quantitative estimate of drug-likeness (QED) is 0.207. The van der Waals surface area contributed by atoms with Crippen molar-refractivity contribution in [2.45, 2.75) is 45.7 Å². The maximum absolute atomic E-state index is 10.8. The average molecular weight is 613 g/mol. The maximum Gasteiger partial charge on any atom is 0.306 e. The number of nitrogen functional groups attached to an aromatic ring is 1. The van der Waals surface area contributed by atoms with E-state index in [9.17, 15) is 13.8 Å². The molecule has 0 saturated carbocycles. The first kappa shape index (κ1) is 34.1. The van der Waals surface area contributed by atoms with Crippen LogP contribution in [0.5, 0.6) is 0 Å². The van der Waals surface area contributed by atoms with Crippen LogP contribution in [0.15, 0.2) is 42.1 Å². The summed E-state index contributed by atoms with van der Waals surface area (Å²) in [5, 5.41) is 50.2. The van der Waals surface area contributed by atoms with E-state index < -0.39 is 34.6 Å². The van der Waals surface area contributed by atoms with Crippen molar-refractivity contribution in [2.24, 2.45) is 11.8 Å². The van der Waals surface area contributed by atoms with Gasteiger partial charge >= 0.3 is 11.9 Å². The van der Waals surface area contributed by atoms with Crippen molar-refractivity contribution >= 4 is 40.1 Å². The number of rotatable bonds is 9.